The Morgan fingerprint density at radius 3 is 2.76 bits per heavy atom. The van der Waals surface area contributed by atoms with E-state index in [0.717, 1.165) is 19.2 Å². The fourth-order valence-corrected chi connectivity index (χ4v) is 3.36. The van der Waals surface area contributed by atoms with Crippen LogP contribution in [0.4, 0.5) is 19.0 Å². The molecule has 112 valence electrons. The standard InChI is InChI=1S/C14H15F3N4/c1-8-11-6-19-5-10(11)7-21(8)13-9(4-18)2-3-12(20-13)14(15,16)17/h2-3,8,10-11,19H,5-7H2,1H3. The number of aromatic nitrogens is 1. The van der Waals surface area contributed by atoms with Gasteiger partial charge in [-0.2, -0.15) is 18.4 Å². The van der Waals surface area contributed by atoms with Crippen LogP contribution in [0.3, 0.4) is 0 Å². The summed E-state index contributed by atoms with van der Waals surface area (Å²) in [4.78, 5) is 5.58. The van der Waals surface area contributed by atoms with Gasteiger partial charge >= 0.3 is 6.18 Å². The van der Waals surface area contributed by atoms with E-state index in [1.54, 1.807) is 0 Å². The van der Waals surface area contributed by atoms with Crippen molar-refractivity contribution in [2.24, 2.45) is 11.8 Å². The minimum atomic E-state index is -4.50. The lowest BCUT2D eigenvalue weighted by atomic mass is 9.95. The van der Waals surface area contributed by atoms with Gasteiger partial charge in [0, 0.05) is 25.7 Å². The molecule has 2 fully saturated rings. The summed E-state index contributed by atoms with van der Waals surface area (Å²) in [6.45, 7) is 4.36. The molecule has 3 unspecified atom stereocenters. The van der Waals surface area contributed by atoms with Crippen LogP contribution in [0, 0.1) is 23.2 Å². The smallest absolute Gasteiger partial charge is 0.352 e. The zero-order valence-corrected chi connectivity index (χ0v) is 11.5. The highest BCUT2D eigenvalue weighted by Crippen LogP contribution is 2.37. The van der Waals surface area contributed by atoms with Crippen LogP contribution < -0.4 is 10.2 Å². The monoisotopic (exact) mass is 296 g/mol. The van der Waals surface area contributed by atoms with Crippen molar-refractivity contribution in [1.82, 2.24) is 10.3 Å². The summed E-state index contributed by atoms with van der Waals surface area (Å²) in [5.41, 5.74) is -0.748. The van der Waals surface area contributed by atoms with Crippen molar-refractivity contribution in [3.05, 3.63) is 23.4 Å². The van der Waals surface area contributed by atoms with E-state index in [4.69, 9.17) is 5.26 Å². The summed E-state index contributed by atoms with van der Waals surface area (Å²) in [6.07, 6.45) is -4.50. The molecule has 3 atom stereocenters. The first-order valence-corrected chi connectivity index (χ1v) is 6.87. The maximum Gasteiger partial charge on any atom is 0.433 e. The molecule has 3 heterocycles. The van der Waals surface area contributed by atoms with Gasteiger partial charge in [0.1, 0.15) is 17.6 Å². The maximum absolute atomic E-state index is 12.8. The second-order valence-electron chi connectivity index (χ2n) is 5.65. The molecule has 0 radical (unpaired) electrons. The van der Waals surface area contributed by atoms with Gasteiger partial charge in [0.2, 0.25) is 0 Å². The molecule has 0 saturated carbocycles. The molecule has 2 aliphatic heterocycles. The Kier molecular flexibility index (Phi) is 3.29. The molecule has 0 aliphatic carbocycles. The maximum atomic E-state index is 12.8. The summed E-state index contributed by atoms with van der Waals surface area (Å²) in [5.74, 6) is 0.963. The molecule has 4 nitrogen and oxygen atoms in total. The Hall–Kier alpha value is -1.81. The lowest BCUT2D eigenvalue weighted by molar-refractivity contribution is -0.141. The molecule has 7 heteroatoms. The van der Waals surface area contributed by atoms with Crippen molar-refractivity contribution in [3.63, 3.8) is 0 Å². The van der Waals surface area contributed by atoms with Crippen molar-refractivity contribution in [2.45, 2.75) is 19.1 Å². The molecule has 2 saturated heterocycles. The fourth-order valence-electron chi connectivity index (χ4n) is 3.36. The third-order valence-electron chi connectivity index (χ3n) is 4.49. The topological polar surface area (TPSA) is 52.0 Å². The molecule has 21 heavy (non-hydrogen) atoms. The van der Waals surface area contributed by atoms with E-state index in [-0.39, 0.29) is 17.4 Å². The largest absolute Gasteiger partial charge is 0.433 e. The van der Waals surface area contributed by atoms with E-state index in [1.165, 1.54) is 6.07 Å². The molecule has 0 spiro atoms. The predicted molar refractivity (Wildman–Crippen MR) is 70.6 cm³/mol. The number of alkyl halides is 3. The molecule has 1 N–H and O–H groups in total. The minimum Gasteiger partial charge on any atom is -0.352 e. The van der Waals surface area contributed by atoms with Gasteiger partial charge in [-0.25, -0.2) is 4.98 Å². The Labute approximate surface area is 120 Å². The van der Waals surface area contributed by atoms with Gasteiger partial charge in [0.05, 0.1) is 5.56 Å². The summed E-state index contributed by atoms with van der Waals surface area (Å²) in [6, 6.07) is 4.11. The number of nitrogens with one attached hydrogen (secondary N) is 1. The molecule has 0 bridgehead atoms. The quantitative estimate of drug-likeness (QED) is 0.861. The van der Waals surface area contributed by atoms with E-state index in [0.29, 0.717) is 18.4 Å². The number of nitriles is 1. The highest BCUT2D eigenvalue weighted by Gasteiger charge is 2.43. The van der Waals surface area contributed by atoms with Gasteiger partial charge in [-0.15, -0.1) is 0 Å². The number of anilines is 1. The average molecular weight is 296 g/mol. The Balaban J connectivity index is 1.99. The van der Waals surface area contributed by atoms with Crippen LogP contribution in [0.1, 0.15) is 18.2 Å². The SMILES string of the molecule is CC1C2CNCC2CN1c1nc(C(F)(F)F)ccc1C#N. The van der Waals surface area contributed by atoms with Gasteiger partial charge in [-0.05, 0) is 30.9 Å². The highest BCUT2D eigenvalue weighted by atomic mass is 19.4. The first-order valence-electron chi connectivity index (χ1n) is 6.87. The average Bonchev–Trinajstić information content (AvgIpc) is 3.00. The van der Waals surface area contributed by atoms with Crippen LogP contribution in [-0.4, -0.2) is 30.7 Å². The summed E-state index contributed by atoms with van der Waals surface area (Å²) in [5, 5.41) is 12.5. The number of fused-ring (bicyclic) bond motifs is 1. The lowest BCUT2D eigenvalue weighted by Gasteiger charge is -2.26. The van der Waals surface area contributed by atoms with Crippen LogP contribution >= 0.6 is 0 Å². The minimum absolute atomic E-state index is 0.0769. The molecule has 0 amide bonds. The molecular weight excluding hydrogens is 281 g/mol. The summed E-state index contributed by atoms with van der Waals surface area (Å²) < 4.78 is 38.5. The first-order chi connectivity index (χ1) is 9.91. The number of hydrogen-bond donors (Lipinski definition) is 1. The number of nitrogens with zero attached hydrogens (tertiary/aromatic N) is 3. The van der Waals surface area contributed by atoms with E-state index in [2.05, 4.69) is 10.3 Å². The number of pyridine rings is 1. The summed E-state index contributed by atoms with van der Waals surface area (Å²) >= 11 is 0. The number of hydrogen-bond acceptors (Lipinski definition) is 4. The van der Waals surface area contributed by atoms with Crippen molar-refractivity contribution in [2.75, 3.05) is 24.5 Å². The highest BCUT2D eigenvalue weighted by molar-refractivity contribution is 5.56. The first kappa shape index (κ1) is 14.1. The molecule has 1 aromatic rings. The fraction of sp³-hybridized carbons (Fsp3) is 0.571. The van der Waals surface area contributed by atoms with Crippen molar-refractivity contribution < 1.29 is 13.2 Å². The van der Waals surface area contributed by atoms with E-state index in [1.807, 2.05) is 17.9 Å². The Morgan fingerprint density at radius 1 is 1.38 bits per heavy atom. The molecule has 2 aliphatic rings. The Bertz CT molecular complexity index is 593. The second kappa shape index (κ2) is 4.88. The van der Waals surface area contributed by atoms with Gasteiger partial charge < -0.3 is 10.2 Å². The third kappa shape index (κ3) is 2.33. The lowest BCUT2D eigenvalue weighted by Crippen LogP contribution is -2.34. The molecule has 3 rings (SSSR count). The number of rotatable bonds is 1. The summed E-state index contributed by atoms with van der Waals surface area (Å²) in [7, 11) is 0. The van der Waals surface area contributed by atoms with Crippen LogP contribution in [0.25, 0.3) is 0 Å². The van der Waals surface area contributed by atoms with Crippen LogP contribution in [0.15, 0.2) is 12.1 Å². The molecular formula is C14H15F3N4. The van der Waals surface area contributed by atoms with Crippen molar-refractivity contribution >= 4 is 5.82 Å². The van der Waals surface area contributed by atoms with Crippen LogP contribution in [0.5, 0.6) is 0 Å². The van der Waals surface area contributed by atoms with Gasteiger partial charge in [-0.3, -0.25) is 0 Å². The van der Waals surface area contributed by atoms with Gasteiger partial charge in [0.15, 0.2) is 0 Å². The zero-order valence-electron chi connectivity index (χ0n) is 11.5. The zero-order chi connectivity index (χ0) is 15.2. The number of halogens is 3. The van der Waals surface area contributed by atoms with Crippen LogP contribution in [0.2, 0.25) is 0 Å². The normalized spacial score (nSPS) is 28.5. The van der Waals surface area contributed by atoms with Crippen molar-refractivity contribution in [3.8, 4) is 6.07 Å². The third-order valence-corrected chi connectivity index (χ3v) is 4.49. The van der Waals surface area contributed by atoms with Gasteiger partial charge in [-0.1, -0.05) is 0 Å². The Morgan fingerprint density at radius 2 is 2.14 bits per heavy atom. The molecule has 0 aromatic carbocycles. The van der Waals surface area contributed by atoms with Crippen LogP contribution in [-0.2, 0) is 6.18 Å². The van der Waals surface area contributed by atoms with E-state index >= 15 is 0 Å². The predicted octanol–water partition coefficient (Wildman–Crippen LogP) is 2.02. The van der Waals surface area contributed by atoms with Crippen molar-refractivity contribution in [1.29, 1.82) is 5.26 Å². The van der Waals surface area contributed by atoms with Gasteiger partial charge in [0.25, 0.3) is 0 Å². The van der Waals surface area contributed by atoms with E-state index < -0.39 is 11.9 Å². The van der Waals surface area contributed by atoms with E-state index in [9.17, 15) is 13.2 Å². The molecule has 1 aromatic heterocycles. The second-order valence-corrected chi connectivity index (χ2v) is 5.65.